The van der Waals surface area contributed by atoms with Crippen LogP contribution in [0.15, 0.2) is 58.6 Å². The van der Waals surface area contributed by atoms with Crippen molar-refractivity contribution in [3.05, 3.63) is 54.1 Å². The molecule has 0 fully saturated rings. The van der Waals surface area contributed by atoms with Crippen molar-refractivity contribution in [2.24, 2.45) is 0 Å². The first-order valence-corrected chi connectivity index (χ1v) is 7.48. The summed E-state index contributed by atoms with van der Waals surface area (Å²) in [6, 6.07) is 16.0. The van der Waals surface area contributed by atoms with Crippen molar-refractivity contribution in [3.63, 3.8) is 0 Å². The van der Waals surface area contributed by atoms with E-state index in [0.29, 0.717) is 0 Å². The minimum absolute atomic E-state index is 0.375. The van der Waals surface area contributed by atoms with Crippen molar-refractivity contribution in [3.8, 4) is 0 Å². The number of benzene rings is 2. The number of nitrogens with zero attached hydrogens (tertiary/aromatic N) is 1. The number of aromatic amines is 1. The molecule has 1 aromatic heterocycles. The summed E-state index contributed by atoms with van der Waals surface area (Å²) in [6.07, 6.45) is 0.357. The highest BCUT2D eigenvalue weighted by Gasteiger charge is 2.06. The van der Waals surface area contributed by atoms with Crippen molar-refractivity contribution in [1.82, 2.24) is 9.97 Å². The molecule has 3 aromatic rings. The fourth-order valence-corrected chi connectivity index (χ4v) is 2.88. The van der Waals surface area contributed by atoms with Crippen LogP contribution in [0.5, 0.6) is 0 Å². The normalized spacial score (nSPS) is 12.7. The van der Waals surface area contributed by atoms with Gasteiger partial charge in [-0.2, -0.15) is 0 Å². The van der Waals surface area contributed by atoms with Crippen LogP contribution in [0.3, 0.4) is 0 Å². The Balaban J connectivity index is 1.80. The second-order valence-corrected chi connectivity index (χ2v) is 5.72. The van der Waals surface area contributed by atoms with Crippen LogP contribution >= 0.6 is 11.8 Å². The Bertz CT molecular complexity index is 673. The summed E-state index contributed by atoms with van der Waals surface area (Å²) in [5.41, 5.74) is 2.99. The molecule has 0 aliphatic carbocycles. The molecule has 3 rings (SSSR count). The van der Waals surface area contributed by atoms with Crippen LogP contribution in [0.2, 0.25) is 0 Å². The number of nitrogens with one attached hydrogen (secondary N) is 1. The third kappa shape index (κ3) is 2.71. The minimum atomic E-state index is -0.375. The lowest BCUT2D eigenvalue weighted by molar-refractivity contribution is 0.173. The quantitative estimate of drug-likeness (QED) is 0.756. The number of rotatable bonds is 4. The van der Waals surface area contributed by atoms with E-state index in [-0.39, 0.29) is 6.10 Å². The molecular weight excluding hydrogens is 268 g/mol. The molecule has 2 aromatic carbocycles. The third-order valence-electron chi connectivity index (χ3n) is 3.23. The van der Waals surface area contributed by atoms with Gasteiger partial charge >= 0.3 is 0 Å². The van der Waals surface area contributed by atoms with Crippen molar-refractivity contribution in [2.75, 3.05) is 0 Å². The van der Waals surface area contributed by atoms with Gasteiger partial charge in [0.2, 0.25) is 0 Å². The van der Waals surface area contributed by atoms with Gasteiger partial charge in [-0.25, -0.2) is 4.98 Å². The van der Waals surface area contributed by atoms with Gasteiger partial charge in [-0.3, -0.25) is 0 Å². The van der Waals surface area contributed by atoms with Crippen LogP contribution in [0, 0.1) is 0 Å². The zero-order valence-electron chi connectivity index (χ0n) is 11.2. The monoisotopic (exact) mass is 284 g/mol. The molecule has 3 nitrogen and oxygen atoms in total. The van der Waals surface area contributed by atoms with E-state index >= 15 is 0 Å². The average Bonchev–Trinajstić information content (AvgIpc) is 2.89. The lowest BCUT2D eigenvalue weighted by Gasteiger charge is -2.08. The van der Waals surface area contributed by atoms with E-state index in [1.165, 1.54) is 0 Å². The van der Waals surface area contributed by atoms with Crippen LogP contribution in [0.4, 0.5) is 0 Å². The van der Waals surface area contributed by atoms with Gasteiger partial charge in [0.25, 0.3) is 0 Å². The lowest BCUT2D eigenvalue weighted by Crippen LogP contribution is -1.94. The molecule has 0 aliphatic rings. The molecule has 0 amide bonds. The molecule has 4 heteroatoms. The number of hydrogen-bond donors (Lipinski definition) is 2. The number of aromatic nitrogens is 2. The third-order valence-corrected chi connectivity index (χ3v) is 4.13. The van der Waals surface area contributed by atoms with Gasteiger partial charge in [0.1, 0.15) is 0 Å². The Morgan fingerprint density at radius 2 is 1.90 bits per heavy atom. The summed E-state index contributed by atoms with van der Waals surface area (Å²) in [5, 5.41) is 10.7. The Morgan fingerprint density at radius 3 is 2.60 bits per heavy atom. The number of aliphatic hydroxyl groups is 1. The second-order valence-electron chi connectivity index (χ2n) is 4.65. The number of H-pyrrole nitrogens is 1. The maximum absolute atomic E-state index is 9.78. The summed E-state index contributed by atoms with van der Waals surface area (Å²) in [7, 11) is 0. The van der Waals surface area contributed by atoms with Gasteiger partial charge in [-0.05, 0) is 36.2 Å². The first kappa shape index (κ1) is 13.2. The first-order valence-electron chi connectivity index (χ1n) is 6.67. The topological polar surface area (TPSA) is 48.9 Å². The molecule has 0 spiro atoms. The predicted octanol–water partition coefficient (Wildman–Crippen LogP) is 4.16. The van der Waals surface area contributed by atoms with Gasteiger partial charge in [-0.1, -0.05) is 43.0 Å². The zero-order valence-corrected chi connectivity index (χ0v) is 12.0. The predicted molar refractivity (Wildman–Crippen MR) is 81.9 cm³/mol. The second kappa shape index (κ2) is 5.69. The molecular formula is C16H16N2OS. The Hall–Kier alpha value is -1.78. The molecule has 0 aliphatic heterocycles. The minimum Gasteiger partial charge on any atom is -0.388 e. The van der Waals surface area contributed by atoms with Crippen molar-refractivity contribution in [1.29, 1.82) is 0 Å². The standard InChI is InChI=1S/C16H16N2OS/c1-2-15(19)11-7-9-12(10-8-11)20-16-17-13-5-3-4-6-14(13)18-16/h3-10,15,19H,2H2,1H3,(H,17,18)/t15-/m0/s1. The lowest BCUT2D eigenvalue weighted by atomic mass is 10.1. The Labute approximate surface area is 122 Å². The molecule has 102 valence electrons. The fourth-order valence-electron chi connectivity index (χ4n) is 2.08. The van der Waals surface area contributed by atoms with E-state index in [1.807, 2.05) is 55.5 Å². The van der Waals surface area contributed by atoms with E-state index in [2.05, 4.69) is 9.97 Å². The van der Waals surface area contributed by atoms with Crippen molar-refractivity contribution >= 4 is 22.8 Å². The number of para-hydroxylation sites is 2. The summed E-state index contributed by atoms with van der Waals surface area (Å²) in [4.78, 5) is 8.94. The summed E-state index contributed by atoms with van der Waals surface area (Å²) < 4.78 is 0. The molecule has 1 atom stereocenters. The van der Waals surface area contributed by atoms with E-state index in [0.717, 1.165) is 33.1 Å². The van der Waals surface area contributed by atoms with E-state index < -0.39 is 0 Å². The summed E-state index contributed by atoms with van der Waals surface area (Å²) in [5.74, 6) is 0. The molecule has 0 saturated carbocycles. The molecule has 0 bridgehead atoms. The Kier molecular flexibility index (Phi) is 3.76. The van der Waals surface area contributed by atoms with Crippen LogP contribution in [-0.4, -0.2) is 15.1 Å². The molecule has 0 saturated heterocycles. The van der Waals surface area contributed by atoms with Gasteiger partial charge in [0.05, 0.1) is 17.1 Å². The fraction of sp³-hybridized carbons (Fsp3) is 0.188. The first-order chi connectivity index (χ1) is 9.76. The smallest absolute Gasteiger partial charge is 0.171 e. The summed E-state index contributed by atoms with van der Waals surface area (Å²) in [6.45, 7) is 1.97. The molecule has 1 heterocycles. The van der Waals surface area contributed by atoms with Gasteiger partial charge in [0.15, 0.2) is 5.16 Å². The zero-order chi connectivity index (χ0) is 13.9. The van der Waals surface area contributed by atoms with Crippen LogP contribution in [0.25, 0.3) is 11.0 Å². The van der Waals surface area contributed by atoms with Crippen LogP contribution < -0.4 is 0 Å². The average molecular weight is 284 g/mol. The number of imidazole rings is 1. The van der Waals surface area contributed by atoms with Crippen molar-refractivity contribution < 1.29 is 5.11 Å². The number of hydrogen-bond acceptors (Lipinski definition) is 3. The Morgan fingerprint density at radius 1 is 1.15 bits per heavy atom. The highest BCUT2D eigenvalue weighted by Crippen LogP contribution is 2.28. The SMILES string of the molecule is CC[C@H](O)c1ccc(Sc2nc3ccccc3[nH]2)cc1. The van der Waals surface area contributed by atoms with Crippen LogP contribution in [0.1, 0.15) is 25.0 Å². The molecule has 20 heavy (non-hydrogen) atoms. The number of fused-ring (bicyclic) bond motifs is 1. The molecule has 0 unspecified atom stereocenters. The van der Waals surface area contributed by atoms with E-state index in [9.17, 15) is 5.11 Å². The molecule has 0 radical (unpaired) electrons. The largest absolute Gasteiger partial charge is 0.388 e. The van der Waals surface area contributed by atoms with Crippen LogP contribution in [-0.2, 0) is 0 Å². The van der Waals surface area contributed by atoms with E-state index in [4.69, 9.17) is 0 Å². The maximum Gasteiger partial charge on any atom is 0.171 e. The van der Waals surface area contributed by atoms with Gasteiger partial charge in [-0.15, -0.1) is 0 Å². The van der Waals surface area contributed by atoms with Gasteiger partial charge in [0, 0.05) is 4.90 Å². The highest BCUT2D eigenvalue weighted by molar-refractivity contribution is 7.99. The number of aliphatic hydroxyl groups excluding tert-OH is 1. The van der Waals surface area contributed by atoms with Gasteiger partial charge < -0.3 is 10.1 Å². The maximum atomic E-state index is 9.78. The highest BCUT2D eigenvalue weighted by atomic mass is 32.2. The molecule has 2 N–H and O–H groups in total. The van der Waals surface area contributed by atoms with Crippen molar-refractivity contribution in [2.45, 2.75) is 29.5 Å². The van der Waals surface area contributed by atoms with E-state index in [1.54, 1.807) is 11.8 Å². The summed E-state index contributed by atoms with van der Waals surface area (Å²) >= 11 is 1.59.